The first-order valence-corrected chi connectivity index (χ1v) is 8.95. The minimum absolute atomic E-state index is 0.280. The van der Waals surface area contributed by atoms with E-state index < -0.39 is 0 Å². The highest BCUT2D eigenvalue weighted by Gasteiger charge is 2.29. The van der Waals surface area contributed by atoms with Gasteiger partial charge in [-0.3, -0.25) is 9.88 Å². The summed E-state index contributed by atoms with van der Waals surface area (Å²) in [5.41, 5.74) is 5.20. The summed E-state index contributed by atoms with van der Waals surface area (Å²) in [5, 5.41) is 1.34. The van der Waals surface area contributed by atoms with E-state index in [1.807, 2.05) is 12.4 Å². The van der Waals surface area contributed by atoms with Crippen molar-refractivity contribution in [3.63, 3.8) is 0 Å². The van der Waals surface area contributed by atoms with Gasteiger partial charge in [0.1, 0.15) is 0 Å². The number of fused-ring (bicyclic) bond motifs is 1. The SMILES string of the molecule is Cc1[nH]c2ccccc2c1[C@H](c1cccnc1)N1CCC(C)CC1. The normalized spacial score (nSPS) is 18.1. The quantitative estimate of drug-likeness (QED) is 0.759. The molecular formula is C21H25N3. The number of aromatic amines is 1. The summed E-state index contributed by atoms with van der Waals surface area (Å²) < 4.78 is 0. The Labute approximate surface area is 143 Å². The van der Waals surface area contributed by atoms with E-state index in [2.05, 4.69) is 65.1 Å². The maximum atomic E-state index is 4.40. The van der Waals surface area contributed by atoms with Crippen molar-refractivity contribution in [3.05, 3.63) is 65.6 Å². The molecule has 0 aliphatic carbocycles. The molecule has 3 nitrogen and oxygen atoms in total. The van der Waals surface area contributed by atoms with Crippen LogP contribution in [0.4, 0.5) is 0 Å². The molecule has 24 heavy (non-hydrogen) atoms. The number of nitrogens with zero attached hydrogens (tertiary/aromatic N) is 2. The molecule has 1 fully saturated rings. The van der Waals surface area contributed by atoms with Gasteiger partial charge in [0.05, 0.1) is 6.04 Å². The Kier molecular flexibility index (Phi) is 4.11. The molecule has 124 valence electrons. The maximum absolute atomic E-state index is 4.40. The number of likely N-dealkylation sites (tertiary alicyclic amines) is 1. The zero-order chi connectivity index (χ0) is 16.5. The van der Waals surface area contributed by atoms with Crippen molar-refractivity contribution in [3.8, 4) is 0 Å². The minimum Gasteiger partial charge on any atom is -0.358 e. The molecule has 1 aliphatic heterocycles. The van der Waals surface area contributed by atoms with Gasteiger partial charge in [0.2, 0.25) is 0 Å². The molecule has 2 aromatic heterocycles. The lowest BCUT2D eigenvalue weighted by Gasteiger charge is -2.37. The number of pyridine rings is 1. The van der Waals surface area contributed by atoms with E-state index in [0.29, 0.717) is 0 Å². The van der Waals surface area contributed by atoms with Crippen LogP contribution in [0.2, 0.25) is 0 Å². The van der Waals surface area contributed by atoms with Gasteiger partial charge in [-0.2, -0.15) is 0 Å². The number of hydrogen-bond donors (Lipinski definition) is 1. The van der Waals surface area contributed by atoms with Crippen LogP contribution >= 0.6 is 0 Å². The predicted molar refractivity (Wildman–Crippen MR) is 99.1 cm³/mol. The van der Waals surface area contributed by atoms with Crippen molar-refractivity contribution < 1.29 is 0 Å². The molecule has 3 heterocycles. The first-order valence-electron chi connectivity index (χ1n) is 8.95. The number of H-pyrrole nitrogens is 1. The van der Waals surface area contributed by atoms with Gasteiger partial charge in [-0.15, -0.1) is 0 Å². The van der Waals surface area contributed by atoms with Crippen molar-refractivity contribution in [2.75, 3.05) is 13.1 Å². The smallest absolute Gasteiger partial charge is 0.0640 e. The average Bonchev–Trinajstić information content (AvgIpc) is 2.94. The predicted octanol–water partition coefficient (Wildman–Crippen LogP) is 4.69. The third-order valence-corrected chi connectivity index (χ3v) is 5.40. The maximum Gasteiger partial charge on any atom is 0.0640 e. The summed E-state index contributed by atoms with van der Waals surface area (Å²) in [7, 11) is 0. The van der Waals surface area contributed by atoms with Crippen LogP contribution < -0.4 is 0 Å². The number of para-hydroxylation sites is 1. The molecule has 1 aliphatic rings. The topological polar surface area (TPSA) is 31.9 Å². The van der Waals surface area contributed by atoms with Gasteiger partial charge in [-0.05, 0) is 56.5 Å². The van der Waals surface area contributed by atoms with Gasteiger partial charge >= 0.3 is 0 Å². The van der Waals surface area contributed by atoms with Crippen LogP contribution in [0.1, 0.15) is 42.6 Å². The molecule has 1 atom stereocenters. The molecule has 0 spiro atoms. The number of aryl methyl sites for hydroxylation is 1. The zero-order valence-electron chi connectivity index (χ0n) is 14.5. The lowest BCUT2D eigenvalue weighted by Crippen LogP contribution is -2.37. The summed E-state index contributed by atoms with van der Waals surface area (Å²) in [6, 6.07) is 13.2. The molecule has 0 saturated carbocycles. The van der Waals surface area contributed by atoms with Crippen molar-refractivity contribution in [1.29, 1.82) is 0 Å². The van der Waals surface area contributed by atoms with Crippen molar-refractivity contribution in [2.24, 2.45) is 5.92 Å². The van der Waals surface area contributed by atoms with Gasteiger partial charge in [0, 0.05) is 34.6 Å². The second kappa shape index (κ2) is 6.40. The van der Waals surface area contributed by atoms with Crippen LogP contribution in [0.3, 0.4) is 0 Å². The summed E-state index contributed by atoms with van der Waals surface area (Å²) in [4.78, 5) is 10.6. The monoisotopic (exact) mass is 319 g/mol. The fourth-order valence-corrected chi connectivity index (χ4v) is 4.04. The Morgan fingerprint density at radius 1 is 1.12 bits per heavy atom. The highest BCUT2D eigenvalue weighted by atomic mass is 15.2. The Morgan fingerprint density at radius 3 is 2.67 bits per heavy atom. The number of rotatable bonds is 3. The first-order chi connectivity index (χ1) is 11.7. The van der Waals surface area contributed by atoms with Gasteiger partial charge in [0.15, 0.2) is 0 Å². The second-order valence-electron chi connectivity index (χ2n) is 7.12. The first kappa shape index (κ1) is 15.4. The van der Waals surface area contributed by atoms with Crippen LogP contribution in [0.5, 0.6) is 0 Å². The molecule has 0 radical (unpaired) electrons. The van der Waals surface area contributed by atoms with E-state index in [0.717, 1.165) is 19.0 Å². The second-order valence-corrected chi connectivity index (χ2v) is 7.12. The molecule has 0 amide bonds. The fourth-order valence-electron chi connectivity index (χ4n) is 4.04. The third-order valence-electron chi connectivity index (χ3n) is 5.40. The fraction of sp³-hybridized carbons (Fsp3) is 0.381. The summed E-state index contributed by atoms with van der Waals surface area (Å²) in [6.45, 7) is 6.87. The van der Waals surface area contributed by atoms with Gasteiger partial charge in [-0.1, -0.05) is 31.2 Å². The van der Waals surface area contributed by atoms with E-state index in [9.17, 15) is 0 Å². The van der Waals surface area contributed by atoms with E-state index in [4.69, 9.17) is 0 Å². The molecular weight excluding hydrogens is 294 g/mol. The van der Waals surface area contributed by atoms with Crippen LogP contribution in [0.15, 0.2) is 48.8 Å². The average molecular weight is 319 g/mol. The summed E-state index contributed by atoms with van der Waals surface area (Å²) in [5.74, 6) is 0.833. The van der Waals surface area contributed by atoms with Crippen molar-refractivity contribution in [2.45, 2.75) is 32.7 Å². The van der Waals surface area contributed by atoms with Gasteiger partial charge in [-0.25, -0.2) is 0 Å². The lowest BCUT2D eigenvalue weighted by atomic mass is 9.91. The highest BCUT2D eigenvalue weighted by Crippen LogP contribution is 2.37. The Bertz CT molecular complexity index is 813. The largest absolute Gasteiger partial charge is 0.358 e. The molecule has 1 saturated heterocycles. The van der Waals surface area contributed by atoms with Crippen molar-refractivity contribution >= 4 is 10.9 Å². The Morgan fingerprint density at radius 2 is 1.92 bits per heavy atom. The molecule has 1 aromatic carbocycles. The summed E-state index contributed by atoms with van der Waals surface area (Å²) >= 11 is 0. The highest BCUT2D eigenvalue weighted by molar-refractivity contribution is 5.85. The molecule has 4 rings (SSSR count). The zero-order valence-corrected chi connectivity index (χ0v) is 14.5. The Hall–Kier alpha value is -2.13. The number of aromatic nitrogens is 2. The minimum atomic E-state index is 0.280. The van der Waals surface area contributed by atoms with E-state index in [1.54, 1.807) is 0 Å². The van der Waals surface area contributed by atoms with E-state index >= 15 is 0 Å². The number of nitrogens with one attached hydrogen (secondary N) is 1. The van der Waals surface area contributed by atoms with Crippen molar-refractivity contribution in [1.82, 2.24) is 14.9 Å². The van der Waals surface area contributed by atoms with E-state index in [1.165, 1.54) is 40.6 Å². The van der Waals surface area contributed by atoms with Crippen LogP contribution in [-0.4, -0.2) is 28.0 Å². The standard InChI is InChI=1S/C21H25N3/c1-15-9-12-24(13-10-15)21(17-6-5-11-22-14-17)20-16(2)23-19-8-4-3-7-18(19)20/h3-8,11,14-15,21,23H,9-10,12-13H2,1-2H3/t21-/m0/s1. The van der Waals surface area contributed by atoms with Crippen LogP contribution in [-0.2, 0) is 0 Å². The van der Waals surface area contributed by atoms with Gasteiger partial charge in [0.25, 0.3) is 0 Å². The van der Waals surface area contributed by atoms with Gasteiger partial charge < -0.3 is 4.98 Å². The van der Waals surface area contributed by atoms with Crippen LogP contribution in [0.25, 0.3) is 10.9 Å². The number of piperidine rings is 1. The molecule has 3 aromatic rings. The molecule has 3 heteroatoms. The molecule has 1 N–H and O–H groups in total. The molecule has 0 bridgehead atoms. The third kappa shape index (κ3) is 2.73. The summed E-state index contributed by atoms with van der Waals surface area (Å²) in [6.07, 6.45) is 6.45. The number of benzene rings is 1. The molecule has 0 unspecified atom stereocenters. The van der Waals surface area contributed by atoms with Crippen LogP contribution in [0, 0.1) is 12.8 Å². The Balaban J connectivity index is 1.84. The van der Waals surface area contributed by atoms with E-state index in [-0.39, 0.29) is 6.04 Å². The number of hydrogen-bond acceptors (Lipinski definition) is 2. The lowest BCUT2D eigenvalue weighted by molar-refractivity contribution is 0.158.